The molecule has 1 rings (SSSR count). The largest absolute Gasteiger partial charge is 0.388 e. The highest BCUT2D eigenvalue weighted by atomic mass is 16.7. The van der Waals surface area contributed by atoms with E-state index in [9.17, 15) is 10.2 Å². The second kappa shape index (κ2) is 6.40. The molecule has 0 aromatic heterocycles. The van der Waals surface area contributed by atoms with Gasteiger partial charge in [-0.15, -0.1) is 0 Å². The number of hydrogen-bond acceptors (Lipinski definition) is 5. The molecule has 90 valence electrons. The van der Waals surface area contributed by atoms with Gasteiger partial charge in [-0.05, 0) is 6.42 Å². The van der Waals surface area contributed by atoms with Crippen molar-refractivity contribution in [3.05, 3.63) is 0 Å². The van der Waals surface area contributed by atoms with Gasteiger partial charge in [-0.3, -0.25) is 0 Å². The van der Waals surface area contributed by atoms with Crippen LogP contribution in [0, 0.1) is 0 Å². The lowest BCUT2D eigenvalue weighted by atomic mass is 10.1. The van der Waals surface area contributed by atoms with Crippen LogP contribution in [0.5, 0.6) is 0 Å². The Labute approximate surface area is 89.9 Å². The van der Waals surface area contributed by atoms with Crippen LogP contribution in [0.3, 0.4) is 0 Å². The van der Waals surface area contributed by atoms with E-state index in [4.69, 9.17) is 14.2 Å². The fourth-order valence-electron chi connectivity index (χ4n) is 1.55. The normalized spacial score (nSPS) is 36.8. The Hall–Kier alpha value is -0.200. The molecule has 1 heterocycles. The Bertz CT molecular complexity index is 175. The maximum absolute atomic E-state index is 9.76. The second-order valence-electron chi connectivity index (χ2n) is 3.68. The van der Waals surface area contributed by atoms with E-state index in [-0.39, 0.29) is 6.61 Å². The molecule has 0 radical (unpaired) electrons. The zero-order valence-electron chi connectivity index (χ0n) is 9.26. The predicted molar refractivity (Wildman–Crippen MR) is 53.4 cm³/mol. The lowest BCUT2D eigenvalue weighted by Gasteiger charge is -2.36. The van der Waals surface area contributed by atoms with E-state index >= 15 is 0 Å². The highest BCUT2D eigenvalue weighted by Gasteiger charge is 2.39. The van der Waals surface area contributed by atoms with Crippen LogP contribution in [0.15, 0.2) is 0 Å². The van der Waals surface area contributed by atoms with Crippen molar-refractivity contribution >= 4 is 0 Å². The molecule has 1 aliphatic heterocycles. The molecular weight excluding hydrogens is 200 g/mol. The average molecular weight is 220 g/mol. The van der Waals surface area contributed by atoms with Crippen LogP contribution in [-0.4, -0.2) is 55.1 Å². The average Bonchev–Trinajstić information content (AvgIpc) is 2.23. The quantitative estimate of drug-likeness (QED) is 0.633. The summed E-state index contributed by atoms with van der Waals surface area (Å²) in [4.78, 5) is 0. The van der Waals surface area contributed by atoms with Crippen molar-refractivity contribution in [2.75, 3.05) is 20.3 Å². The topological polar surface area (TPSA) is 68.2 Å². The molecule has 5 nitrogen and oxygen atoms in total. The molecule has 0 saturated carbocycles. The summed E-state index contributed by atoms with van der Waals surface area (Å²) >= 11 is 0. The van der Waals surface area contributed by atoms with Gasteiger partial charge in [0, 0.05) is 13.7 Å². The fraction of sp³-hybridized carbons (Fsp3) is 1.00. The molecule has 0 spiro atoms. The fourth-order valence-corrected chi connectivity index (χ4v) is 1.55. The molecule has 0 aliphatic carbocycles. The third-order valence-electron chi connectivity index (χ3n) is 2.47. The summed E-state index contributed by atoms with van der Waals surface area (Å²) in [5.74, 6) is 0. The summed E-state index contributed by atoms with van der Waals surface area (Å²) in [5.41, 5.74) is 0. The van der Waals surface area contributed by atoms with Crippen LogP contribution in [0.4, 0.5) is 0 Å². The molecule has 0 bridgehead atoms. The summed E-state index contributed by atoms with van der Waals surface area (Å²) < 4.78 is 15.4. The van der Waals surface area contributed by atoms with Crippen molar-refractivity contribution in [1.29, 1.82) is 0 Å². The maximum Gasteiger partial charge on any atom is 0.185 e. The van der Waals surface area contributed by atoms with Crippen molar-refractivity contribution in [3.8, 4) is 0 Å². The summed E-state index contributed by atoms with van der Waals surface area (Å²) in [5, 5.41) is 19.3. The molecule has 0 aromatic rings. The summed E-state index contributed by atoms with van der Waals surface area (Å²) in [6, 6.07) is 0. The first-order valence-corrected chi connectivity index (χ1v) is 5.32. The molecule has 15 heavy (non-hydrogen) atoms. The Kier molecular flexibility index (Phi) is 5.49. The van der Waals surface area contributed by atoms with Crippen LogP contribution < -0.4 is 0 Å². The van der Waals surface area contributed by atoms with Crippen LogP contribution >= 0.6 is 0 Å². The predicted octanol–water partition coefficient (Wildman–Crippen LogP) is -0.104. The lowest BCUT2D eigenvalue weighted by Crippen LogP contribution is -2.54. The maximum atomic E-state index is 9.76. The Balaban J connectivity index is 2.42. The van der Waals surface area contributed by atoms with E-state index in [1.807, 2.05) is 0 Å². The number of methoxy groups -OCH3 is 1. The highest BCUT2D eigenvalue weighted by molar-refractivity contribution is 4.84. The molecule has 1 aliphatic rings. The molecule has 0 amide bonds. The van der Waals surface area contributed by atoms with Crippen LogP contribution in [0.25, 0.3) is 0 Å². The van der Waals surface area contributed by atoms with Gasteiger partial charge in [0.1, 0.15) is 18.3 Å². The van der Waals surface area contributed by atoms with Gasteiger partial charge in [-0.1, -0.05) is 13.3 Å². The molecular formula is C10H20O5. The minimum absolute atomic E-state index is 0.131. The van der Waals surface area contributed by atoms with Crippen molar-refractivity contribution in [2.45, 2.75) is 44.4 Å². The summed E-state index contributed by atoms with van der Waals surface area (Å²) in [6.07, 6.45) is -1.12. The number of aliphatic hydroxyl groups excluding tert-OH is 2. The third-order valence-corrected chi connectivity index (χ3v) is 2.47. The first-order chi connectivity index (χ1) is 7.20. The molecule has 1 fully saturated rings. The highest BCUT2D eigenvalue weighted by Crippen LogP contribution is 2.19. The standard InChI is InChI=1S/C10H20O5/c1-3-4-5-14-9-7(11)6-15-10(13-2)8(9)12/h7-12H,3-6H2,1-2H3/t7-,8+,9-,10-/m1/s1. The van der Waals surface area contributed by atoms with Gasteiger partial charge < -0.3 is 24.4 Å². The Morgan fingerprint density at radius 2 is 2.13 bits per heavy atom. The van der Waals surface area contributed by atoms with E-state index in [0.717, 1.165) is 12.8 Å². The molecule has 0 aromatic carbocycles. The van der Waals surface area contributed by atoms with Gasteiger partial charge in [0.15, 0.2) is 6.29 Å². The van der Waals surface area contributed by atoms with E-state index < -0.39 is 24.6 Å². The van der Waals surface area contributed by atoms with Crippen LogP contribution in [-0.2, 0) is 14.2 Å². The van der Waals surface area contributed by atoms with E-state index in [1.54, 1.807) is 0 Å². The lowest BCUT2D eigenvalue weighted by molar-refractivity contribution is -0.270. The van der Waals surface area contributed by atoms with Crippen molar-refractivity contribution in [3.63, 3.8) is 0 Å². The third kappa shape index (κ3) is 3.39. The van der Waals surface area contributed by atoms with Gasteiger partial charge in [-0.25, -0.2) is 0 Å². The van der Waals surface area contributed by atoms with Gasteiger partial charge in [-0.2, -0.15) is 0 Å². The zero-order chi connectivity index (χ0) is 11.3. The van der Waals surface area contributed by atoms with Crippen molar-refractivity contribution in [1.82, 2.24) is 0 Å². The molecule has 0 unspecified atom stereocenters. The molecule has 1 saturated heterocycles. The van der Waals surface area contributed by atoms with Crippen LogP contribution in [0.2, 0.25) is 0 Å². The molecule has 5 heteroatoms. The Morgan fingerprint density at radius 1 is 1.40 bits per heavy atom. The molecule has 2 N–H and O–H groups in total. The van der Waals surface area contributed by atoms with Gasteiger partial charge in [0.2, 0.25) is 0 Å². The van der Waals surface area contributed by atoms with Gasteiger partial charge >= 0.3 is 0 Å². The summed E-state index contributed by atoms with van der Waals surface area (Å²) in [6.45, 7) is 2.72. The minimum Gasteiger partial charge on any atom is -0.388 e. The number of hydrogen-bond donors (Lipinski definition) is 2. The minimum atomic E-state index is -0.935. The van der Waals surface area contributed by atoms with Gasteiger partial charge in [0.05, 0.1) is 6.61 Å². The van der Waals surface area contributed by atoms with Crippen molar-refractivity contribution < 1.29 is 24.4 Å². The number of ether oxygens (including phenoxy) is 3. The van der Waals surface area contributed by atoms with Crippen LogP contribution in [0.1, 0.15) is 19.8 Å². The second-order valence-corrected chi connectivity index (χ2v) is 3.68. The van der Waals surface area contributed by atoms with Crippen molar-refractivity contribution in [2.24, 2.45) is 0 Å². The van der Waals surface area contributed by atoms with E-state index in [0.29, 0.717) is 6.61 Å². The smallest absolute Gasteiger partial charge is 0.185 e. The number of aliphatic hydroxyl groups is 2. The van der Waals surface area contributed by atoms with Gasteiger partial charge in [0.25, 0.3) is 0 Å². The first-order valence-electron chi connectivity index (χ1n) is 5.32. The summed E-state index contributed by atoms with van der Waals surface area (Å²) in [7, 11) is 1.45. The monoisotopic (exact) mass is 220 g/mol. The molecule has 4 atom stereocenters. The first kappa shape index (κ1) is 12.9. The van der Waals surface area contributed by atoms with E-state index in [1.165, 1.54) is 7.11 Å². The van der Waals surface area contributed by atoms with E-state index in [2.05, 4.69) is 6.92 Å². The number of unbranched alkanes of at least 4 members (excludes halogenated alkanes) is 1. The zero-order valence-corrected chi connectivity index (χ0v) is 9.26. The number of rotatable bonds is 5. The Morgan fingerprint density at radius 3 is 2.73 bits per heavy atom. The SMILES string of the molecule is CCCCO[C@H]1[C@H](O)[C@H](OC)OC[C@H]1O.